The van der Waals surface area contributed by atoms with E-state index in [0.29, 0.717) is 5.41 Å². The Morgan fingerprint density at radius 1 is 1.12 bits per heavy atom. The van der Waals surface area contributed by atoms with Gasteiger partial charge >= 0.3 is 0 Å². The predicted molar refractivity (Wildman–Crippen MR) is 81.2 cm³/mol. The lowest BCUT2D eigenvalue weighted by Crippen LogP contribution is -2.26. The second-order valence-corrected chi connectivity index (χ2v) is 5.47. The molecule has 1 nitrogen and oxygen atoms in total. The smallest absolute Gasteiger partial charge is 0.0258 e. The summed E-state index contributed by atoms with van der Waals surface area (Å²) in [7, 11) is 0. The fraction of sp³-hybridized carbons (Fsp3) is 0.750. The minimum absolute atomic E-state index is 0.364. The van der Waals surface area contributed by atoms with Gasteiger partial charge in [-0.2, -0.15) is 0 Å². The molecule has 0 spiro atoms. The first-order chi connectivity index (χ1) is 7.97. The summed E-state index contributed by atoms with van der Waals surface area (Å²) in [5, 5.41) is 3.54. The molecule has 0 aromatic rings. The van der Waals surface area contributed by atoms with Crippen LogP contribution in [0.4, 0.5) is 0 Å². The lowest BCUT2D eigenvalue weighted by molar-refractivity contribution is 0.390. The van der Waals surface area contributed by atoms with Crippen molar-refractivity contribution < 1.29 is 0 Å². The Hall–Kier alpha value is -0.720. The van der Waals surface area contributed by atoms with Gasteiger partial charge in [-0.3, -0.25) is 0 Å². The molecule has 0 aliphatic heterocycles. The predicted octanol–water partition coefficient (Wildman–Crippen LogP) is 5.30. The fourth-order valence-electron chi connectivity index (χ4n) is 2.05. The maximum Gasteiger partial charge on any atom is 0.0258 e. The number of hydrogen-bond donors (Lipinski definition) is 1. The summed E-state index contributed by atoms with van der Waals surface area (Å²) < 4.78 is 0. The van der Waals surface area contributed by atoms with E-state index < -0.39 is 0 Å². The highest BCUT2D eigenvalue weighted by atomic mass is 14.9. The summed E-state index contributed by atoms with van der Waals surface area (Å²) in [6, 6.07) is 0.717. The quantitative estimate of drug-likeness (QED) is 0.659. The second-order valence-electron chi connectivity index (χ2n) is 5.47. The van der Waals surface area contributed by atoms with E-state index >= 15 is 0 Å². The molecule has 1 heteroatoms. The van der Waals surface area contributed by atoms with Crippen molar-refractivity contribution in [2.75, 3.05) is 0 Å². The summed E-state index contributed by atoms with van der Waals surface area (Å²) in [5.74, 6) is 0. The van der Waals surface area contributed by atoms with Gasteiger partial charge in [0.2, 0.25) is 0 Å². The number of rotatable bonds is 3. The molecule has 1 fully saturated rings. The van der Waals surface area contributed by atoms with Gasteiger partial charge in [-0.25, -0.2) is 0 Å². The van der Waals surface area contributed by atoms with Crippen LogP contribution >= 0.6 is 0 Å². The normalized spacial score (nSPS) is 15.1. The molecular weight excluding hydrogens is 206 g/mol. The van der Waals surface area contributed by atoms with Crippen molar-refractivity contribution in [3.05, 3.63) is 25.4 Å². The maximum absolute atomic E-state index is 4.09. The molecule has 0 heterocycles. The molecule has 17 heavy (non-hydrogen) atoms. The van der Waals surface area contributed by atoms with Crippen LogP contribution in [0.25, 0.3) is 0 Å². The molecule has 0 unspecified atom stereocenters. The molecule has 1 saturated carbocycles. The maximum atomic E-state index is 4.09. The summed E-state index contributed by atoms with van der Waals surface area (Å²) >= 11 is 0. The Morgan fingerprint density at radius 2 is 1.53 bits per heavy atom. The molecule has 1 aliphatic rings. The van der Waals surface area contributed by atoms with E-state index in [9.17, 15) is 0 Å². The molecule has 102 valence electrons. The molecule has 0 atom stereocenters. The summed E-state index contributed by atoms with van der Waals surface area (Å²) in [6.45, 7) is 20.9. The Labute approximate surface area is 109 Å². The third-order valence-corrected chi connectivity index (χ3v) is 2.51. The van der Waals surface area contributed by atoms with Gasteiger partial charge in [0.05, 0.1) is 0 Å². The van der Waals surface area contributed by atoms with Crippen molar-refractivity contribution >= 4 is 0 Å². The van der Waals surface area contributed by atoms with E-state index in [0.717, 1.165) is 12.5 Å². The van der Waals surface area contributed by atoms with Crippen LogP contribution < -0.4 is 5.32 Å². The van der Waals surface area contributed by atoms with E-state index in [4.69, 9.17) is 0 Å². The minimum Gasteiger partial charge on any atom is -0.386 e. The van der Waals surface area contributed by atoms with Crippen LogP contribution in [0.1, 0.15) is 66.7 Å². The second kappa shape index (κ2) is 10.4. The van der Waals surface area contributed by atoms with Crippen molar-refractivity contribution in [3.8, 4) is 0 Å². The highest BCUT2D eigenvalue weighted by molar-refractivity contribution is 4.98. The lowest BCUT2D eigenvalue weighted by Gasteiger charge is -2.23. The summed E-state index contributed by atoms with van der Waals surface area (Å²) in [5.41, 5.74) is 1.59. The van der Waals surface area contributed by atoms with E-state index in [1.807, 2.05) is 13.8 Å². The average molecular weight is 239 g/mol. The van der Waals surface area contributed by atoms with Gasteiger partial charge in [-0.1, -0.05) is 54.0 Å². The summed E-state index contributed by atoms with van der Waals surface area (Å²) in [6.07, 6.45) is 6.54. The van der Waals surface area contributed by atoms with Gasteiger partial charge in [-0.05, 0) is 24.7 Å². The third-order valence-electron chi connectivity index (χ3n) is 2.51. The van der Waals surface area contributed by atoms with E-state index in [1.54, 1.807) is 0 Å². The van der Waals surface area contributed by atoms with Crippen LogP contribution in [0.15, 0.2) is 25.4 Å². The zero-order valence-electron chi connectivity index (χ0n) is 12.7. The van der Waals surface area contributed by atoms with Gasteiger partial charge in [0.1, 0.15) is 0 Å². The van der Waals surface area contributed by atoms with Crippen LogP contribution in [0.3, 0.4) is 0 Å². The molecule has 0 aromatic carbocycles. The number of hydrogen-bond acceptors (Lipinski definition) is 1. The molecule has 0 saturated heterocycles. The standard InChI is InChI=1S/C12H23N.C2H6.C2H4/c1-10(9-12(2,3)4)13-11-7-5-6-8-11;2*1-2/h11,13H,1,5-9H2,2-4H3;1-2H3;1-2H2. The Bertz CT molecular complexity index is 182. The van der Waals surface area contributed by atoms with E-state index in [1.165, 1.54) is 31.4 Å². The van der Waals surface area contributed by atoms with Crippen molar-refractivity contribution in [2.45, 2.75) is 72.8 Å². The number of allylic oxidation sites excluding steroid dienone is 1. The van der Waals surface area contributed by atoms with Crippen molar-refractivity contribution in [1.82, 2.24) is 5.32 Å². The molecule has 0 bridgehead atoms. The van der Waals surface area contributed by atoms with Gasteiger partial charge < -0.3 is 5.32 Å². The minimum atomic E-state index is 0.364. The van der Waals surface area contributed by atoms with Crippen molar-refractivity contribution in [3.63, 3.8) is 0 Å². The van der Waals surface area contributed by atoms with Gasteiger partial charge in [0.25, 0.3) is 0 Å². The molecule has 1 N–H and O–H groups in total. The lowest BCUT2D eigenvalue weighted by atomic mass is 9.90. The molecule has 0 aromatic heterocycles. The average Bonchev–Trinajstić information content (AvgIpc) is 2.73. The number of nitrogens with one attached hydrogen (secondary N) is 1. The Morgan fingerprint density at radius 3 is 1.88 bits per heavy atom. The van der Waals surface area contributed by atoms with Crippen LogP contribution in [0.5, 0.6) is 0 Å². The molecule has 1 aliphatic carbocycles. The highest BCUT2D eigenvalue weighted by Crippen LogP contribution is 2.24. The van der Waals surface area contributed by atoms with E-state index in [2.05, 4.69) is 45.8 Å². The monoisotopic (exact) mass is 239 g/mol. The zero-order valence-corrected chi connectivity index (χ0v) is 12.7. The van der Waals surface area contributed by atoms with Crippen LogP contribution in [0, 0.1) is 5.41 Å². The SMILES string of the molecule is C=C.C=C(CC(C)(C)C)NC1CCCC1.CC. The van der Waals surface area contributed by atoms with Crippen molar-refractivity contribution in [1.29, 1.82) is 0 Å². The topological polar surface area (TPSA) is 12.0 Å². The molecule has 0 amide bonds. The Balaban J connectivity index is 0. The molecule has 0 radical (unpaired) electrons. The van der Waals surface area contributed by atoms with Crippen LogP contribution in [-0.4, -0.2) is 6.04 Å². The van der Waals surface area contributed by atoms with Crippen LogP contribution in [-0.2, 0) is 0 Å². The van der Waals surface area contributed by atoms with Crippen LogP contribution in [0.2, 0.25) is 0 Å². The molecule has 1 rings (SSSR count). The van der Waals surface area contributed by atoms with Gasteiger partial charge in [0.15, 0.2) is 0 Å². The van der Waals surface area contributed by atoms with Crippen molar-refractivity contribution in [2.24, 2.45) is 5.41 Å². The highest BCUT2D eigenvalue weighted by Gasteiger charge is 2.17. The molecular formula is C16H33N. The first-order valence-electron chi connectivity index (χ1n) is 6.92. The van der Waals surface area contributed by atoms with E-state index in [-0.39, 0.29) is 0 Å². The first kappa shape index (κ1) is 18.6. The fourth-order valence-corrected chi connectivity index (χ4v) is 2.05. The zero-order chi connectivity index (χ0) is 13.9. The Kier molecular flexibility index (Phi) is 11.4. The van der Waals surface area contributed by atoms with Gasteiger partial charge in [0, 0.05) is 11.7 Å². The largest absolute Gasteiger partial charge is 0.386 e. The third kappa shape index (κ3) is 11.5. The summed E-state index contributed by atoms with van der Waals surface area (Å²) in [4.78, 5) is 0. The van der Waals surface area contributed by atoms with Gasteiger partial charge in [-0.15, -0.1) is 13.2 Å². The first-order valence-corrected chi connectivity index (χ1v) is 6.92.